The van der Waals surface area contributed by atoms with E-state index in [9.17, 15) is 9.90 Å². The van der Waals surface area contributed by atoms with Crippen molar-refractivity contribution in [2.45, 2.75) is 51.4 Å². The standard InChI is InChI=1S/C10H21NO4/c1-10(2,3)15-9(14)5-7(12)4-8(13)6-11/h7-8,12-13H,4-6,11H2,1-3H3/t7-,8+/m1/s1. The number of nitrogens with two attached hydrogens (primary N) is 1. The van der Waals surface area contributed by atoms with Gasteiger partial charge in [-0.15, -0.1) is 0 Å². The van der Waals surface area contributed by atoms with E-state index >= 15 is 0 Å². The first-order chi connectivity index (χ1) is 6.74. The first-order valence-electron chi connectivity index (χ1n) is 5.02. The maximum atomic E-state index is 11.2. The number of hydrogen-bond acceptors (Lipinski definition) is 5. The van der Waals surface area contributed by atoms with E-state index in [-0.39, 0.29) is 19.4 Å². The molecule has 0 aromatic carbocycles. The van der Waals surface area contributed by atoms with Crippen LogP contribution in [0.3, 0.4) is 0 Å². The molecule has 0 aromatic rings. The lowest BCUT2D eigenvalue weighted by Crippen LogP contribution is -2.30. The third-order valence-electron chi connectivity index (χ3n) is 1.64. The minimum Gasteiger partial charge on any atom is -0.460 e. The highest BCUT2D eigenvalue weighted by molar-refractivity contribution is 5.70. The van der Waals surface area contributed by atoms with Gasteiger partial charge in [-0.05, 0) is 20.8 Å². The van der Waals surface area contributed by atoms with Crippen molar-refractivity contribution in [3.8, 4) is 0 Å². The third kappa shape index (κ3) is 8.35. The van der Waals surface area contributed by atoms with Crippen LogP contribution in [0.1, 0.15) is 33.6 Å². The molecule has 15 heavy (non-hydrogen) atoms. The topological polar surface area (TPSA) is 92.8 Å². The molecule has 0 radical (unpaired) electrons. The van der Waals surface area contributed by atoms with E-state index in [0.29, 0.717) is 0 Å². The van der Waals surface area contributed by atoms with Gasteiger partial charge in [-0.3, -0.25) is 4.79 Å². The molecule has 0 saturated heterocycles. The Morgan fingerprint density at radius 2 is 1.87 bits per heavy atom. The highest BCUT2D eigenvalue weighted by atomic mass is 16.6. The van der Waals surface area contributed by atoms with Crippen LogP contribution < -0.4 is 5.73 Å². The summed E-state index contributed by atoms with van der Waals surface area (Å²) in [6.45, 7) is 5.34. The summed E-state index contributed by atoms with van der Waals surface area (Å²) in [5.41, 5.74) is 4.62. The van der Waals surface area contributed by atoms with Crippen LogP contribution in [-0.2, 0) is 9.53 Å². The molecular formula is C10H21NO4. The van der Waals surface area contributed by atoms with Crippen molar-refractivity contribution in [2.24, 2.45) is 5.73 Å². The fourth-order valence-corrected chi connectivity index (χ4v) is 1.07. The van der Waals surface area contributed by atoms with Crippen molar-refractivity contribution in [1.29, 1.82) is 0 Å². The molecule has 0 aliphatic rings. The maximum absolute atomic E-state index is 11.2. The van der Waals surface area contributed by atoms with Gasteiger partial charge in [-0.1, -0.05) is 0 Å². The van der Waals surface area contributed by atoms with Gasteiger partial charge in [-0.25, -0.2) is 0 Å². The van der Waals surface area contributed by atoms with Crippen LogP contribution in [0.25, 0.3) is 0 Å². The molecule has 90 valence electrons. The number of aliphatic hydroxyl groups is 2. The Kier molecular flexibility index (Phi) is 5.79. The Morgan fingerprint density at radius 3 is 2.27 bits per heavy atom. The lowest BCUT2D eigenvalue weighted by Gasteiger charge is -2.21. The summed E-state index contributed by atoms with van der Waals surface area (Å²) >= 11 is 0. The molecular weight excluding hydrogens is 198 g/mol. The number of rotatable bonds is 5. The van der Waals surface area contributed by atoms with E-state index < -0.39 is 23.8 Å². The van der Waals surface area contributed by atoms with Gasteiger partial charge in [0.15, 0.2) is 0 Å². The third-order valence-corrected chi connectivity index (χ3v) is 1.64. The first-order valence-corrected chi connectivity index (χ1v) is 5.02. The van der Waals surface area contributed by atoms with E-state index in [1.807, 2.05) is 0 Å². The average Bonchev–Trinajstić information content (AvgIpc) is 1.99. The normalized spacial score (nSPS) is 15.9. The van der Waals surface area contributed by atoms with Crippen LogP contribution >= 0.6 is 0 Å². The van der Waals surface area contributed by atoms with Gasteiger partial charge in [0, 0.05) is 13.0 Å². The fraction of sp³-hybridized carbons (Fsp3) is 0.900. The lowest BCUT2D eigenvalue weighted by atomic mass is 10.1. The molecule has 0 aromatic heterocycles. The van der Waals surface area contributed by atoms with Gasteiger partial charge in [0.05, 0.1) is 18.6 Å². The van der Waals surface area contributed by atoms with Crippen molar-refractivity contribution in [3.63, 3.8) is 0 Å². The van der Waals surface area contributed by atoms with Gasteiger partial charge >= 0.3 is 5.97 Å². The number of hydrogen-bond donors (Lipinski definition) is 3. The minimum atomic E-state index is -0.904. The van der Waals surface area contributed by atoms with Crippen LogP contribution in [-0.4, -0.2) is 40.5 Å². The number of carbonyl (C=O) groups is 1. The highest BCUT2D eigenvalue weighted by Crippen LogP contribution is 2.10. The van der Waals surface area contributed by atoms with Crippen molar-refractivity contribution < 1.29 is 19.7 Å². The summed E-state index contributed by atoms with van der Waals surface area (Å²) in [5, 5.41) is 18.5. The highest BCUT2D eigenvalue weighted by Gasteiger charge is 2.20. The van der Waals surface area contributed by atoms with Crippen LogP contribution in [0.2, 0.25) is 0 Å². The minimum absolute atomic E-state index is 0.0748. The van der Waals surface area contributed by atoms with Gasteiger partial charge in [0.25, 0.3) is 0 Å². The smallest absolute Gasteiger partial charge is 0.308 e. The van der Waals surface area contributed by atoms with Crippen molar-refractivity contribution in [3.05, 3.63) is 0 Å². The molecule has 0 saturated carbocycles. The molecule has 4 N–H and O–H groups in total. The van der Waals surface area contributed by atoms with Crippen molar-refractivity contribution in [1.82, 2.24) is 0 Å². The molecule has 0 aliphatic carbocycles. The second-order valence-corrected chi connectivity index (χ2v) is 4.57. The Morgan fingerprint density at radius 1 is 1.33 bits per heavy atom. The monoisotopic (exact) mass is 219 g/mol. The zero-order chi connectivity index (χ0) is 12.1. The quantitative estimate of drug-likeness (QED) is 0.556. The molecule has 0 unspecified atom stereocenters. The molecule has 5 heteroatoms. The second-order valence-electron chi connectivity index (χ2n) is 4.57. The number of ether oxygens (including phenoxy) is 1. The predicted octanol–water partition coefficient (Wildman–Crippen LogP) is -0.211. The number of aliphatic hydroxyl groups excluding tert-OH is 2. The molecule has 0 bridgehead atoms. The summed E-state index contributed by atoms with van der Waals surface area (Å²) < 4.78 is 5.01. The van der Waals surface area contributed by atoms with E-state index in [2.05, 4.69) is 0 Å². The van der Waals surface area contributed by atoms with Crippen LogP contribution in [0, 0.1) is 0 Å². The van der Waals surface area contributed by atoms with Crippen molar-refractivity contribution in [2.75, 3.05) is 6.54 Å². The predicted molar refractivity (Wildman–Crippen MR) is 56.1 cm³/mol. The summed E-state index contributed by atoms with van der Waals surface area (Å²) in [4.78, 5) is 11.2. The van der Waals surface area contributed by atoms with E-state index in [4.69, 9.17) is 15.6 Å². The van der Waals surface area contributed by atoms with Crippen LogP contribution in [0.15, 0.2) is 0 Å². The van der Waals surface area contributed by atoms with Gasteiger partial charge in [0.1, 0.15) is 5.60 Å². The fourth-order valence-electron chi connectivity index (χ4n) is 1.07. The average molecular weight is 219 g/mol. The van der Waals surface area contributed by atoms with Gasteiger partial charge in [0.2, 0.25) is 0 Å². The van der Waals surface area contributed by atoms with Gasteiger partial charge < -0.3 is 20.7 Å². The number of carbonyl (C=O) groups excluding carboxylic acids is 1. The molecule has 0 amide bonds. The number of esters is 1. The zero-order valence-electron chi connectivity index (χ0n) is 9.56. The molecule has 0 fully saturated rings. The maximum Gasteiger partial charge on any atom is 0.308 e. The Balaban J connectivity index is 3.87. The SMILES string of the molecule is CC(C)(C)OC(=O)C[C@H](O)C[C@H](O)CN. The van der Waals surface area contributed by atoms with Crippen LogP contribution in [0.5, 0.6) is 0 Å². The lowest BCUT2D eigenvalue weighted by molar-refractivity contribution is -0.157. The second kappa shape index (κ2) is 6.05. The summed E-state index contributed by atoms with van der Waals surface area (Å²) in [5.74, 6) is -0.473. The molecule has 0 rings (SSSR count). The molecule has 0 heterocycles. The van der Waals surface area contributed by atoms with Gasteiger partial charge in [-0.2, -0.15) is 0 Å². The Bertz CT molecular complexity index is 200. The largest absolute Gasteiger partial charge is 0.460 e. The van der Waals surface area contributed by atoms with E-state index in [1.54, 1.807) is 20.8 Å². The van der Waals surface area contributed by atoms with Crippen molar-refractivity contribution >= 4 is 5.97 Å². The molecule has 5 nitrogen and oxygen atoms in total. The van der Waals surface area contributed by atoms with E-state index in [1.165, 1.54) is 0 Å². The first kappa shape index (κ1) is 14.3. The van der Waals surface area contributed by atoms with Crippen LogP contribution in [0.4, 0.5) is 0 Å². The Hall–Kier alpha value is -0.650. The molecule has 2 atom stereocenters. The summed E-state index contributed by atoms with van der Waals surface area (Å²) in [6.07, 6.45) is -1.70. The summed E-state index contributed by atoms with van der Waals surface area (Å²) in [7, 11) is 0. The molecule has 0 aliphatic heterocycles. The Labute approximate surface area is 90.2 Å². The zero-order valence-corrected chi connectivity index (χ0v) is 9.56. The molecule has 0 spiro atoms. The van der Waals surface area contributed by atoms with E-state index in [0.717, 1.165) is 0 Å². The summed E-state index contributed by atoms with van der Waals surface area (Å²) in [6, 6.07) is 0.